The Bertz CT molecular complexity index is 6520. The number of rotatable bonds is 28. The first-order valence-electron chi connectivity index (χ1n) is 49.7. The van der Waals surface area contributed by atoms with E-state index in [2.05, 4.69) is 243 Å². The van der Waals surface area contributed by atoms with Crippen LogP contribution in [0.2, 0.25) is 0 Å². The molecule has 24 rings (SSSR count). The molecule has 144 heavy (non-hydrogen) atoms. The highest BCUT2D eigenvalue weighted by atomic mass is 32.2. The maximum Gasteiger partial charge on any atom is 0.347 e. The van der Waals surface area contributed by atoms with Crippen molar-refractivity contribution in [3.8, 4) is 23.0 Å². The van der Waals surface area contributed by atoms with Crippen LogP contribution >= 0.6 is 0 Å². The number of fused-ring (bicyclic) bond motifs is 2. The van der Waals surface area contributed by atoms with Gasteiger partial charge in [0.05, 0.1) is 61.4 Å². The maximum atomic E-state index is 12.9. The average Bonchev–Trinajstić information content (AvgIpc) is 1.55. The molecule has 12 fully saturated rings. The molecule has 0 radical (unpaired) electrons. The van der Waals surface area contributed by atoms with Crippen molar-refractivity contribution >= 4 is 95.3 Å². The molecule has 10 bridgehead atoms. The van der Waals surface area contributed by atoms with Crippen molar-refractivity contribution in [2.75, 3.05) is 33.0 Å². The van der Waals surface area contributed by atoms with Crippen LogP contribution in [0.3, 0.4) is 0 Å². The minimum atomic E-state index is -3.54. The van der Waals surface area contributed by atoms with Crippen LogP contribution in [0.15, 0.2) is 350 Å². The molecule has 0 N–H and O–H groups in total. The van der Waals surface area contributed by atoms with Crippen molar-refractivity contribution in [1.29, 1.82) is 0 Å². The van der Waals surface area contributed by atoms with E-state index >= 15 is 0 Å². The number of carbonyl (C=O) groups excluding carboxylic acids is 7. The van der Waals surface area contributed by atoms with Crippen LogP contribution in [0.5, 0.6) is 23.0 Å². The Balaban J connectivity index is 0.000000122. The lowest BCUT2D eigenvalue weighted by atomic mass is 9.53. The van der Waals surface area contributed by atoms with E-state index in [9.17, 15) is 42.0 Å². The zero-order valence-corrected chi connectivity index (χ0v) is 86.1. The molecular weight excluding hydrogens is 1910 g/mol. The highest BCUT2D eigenvalue weighted by Gasteiger charge is 2.66. The lowest BCUT2D eigenvalue weighted by Crippen LogP contribution is -2.57. The summed E-state index contributed by atoms with van der Waals surface area (Å²) in [5.74, 6) is 2.07. The van der Waals surface area contributed by atoms with Crippen LogP contribution in [-0.2, 0) is 120 Å². The van der Waals surface area contributed by atoms with E-state index < -0.39 is 63.2 Å². The normalized spacial score (nSPS) is 23.8. The number of hydrogen-bond acceptors (Lipinski definition) is 20. The van der Waals surface area contributed by atoms with Gasteiger partial charge in [0, 0.05) is 84.5 Å². The molecule has 0 amide bonds. The summed E-state index contributed by atoms with van der Waals surface area (Å²) in [6.45, 7) is 15.6. The van der Waals surface area contributed by atoms with Gasteiger partial charge in [-0.1, -0.05) is 146 Å². The first-order valence-corrected chi connectivity index (χ1v) is 56.1. The van der Waals surface area contributed by atoms with Gasteiger partial charge < -0.3 is 47.4 Å². The van der Waals surface area contributed by atoms with Crippen molar-refractivity contribution < 1.29 is 93.5 Å². The molecule has 4 saturated heterocycles. The van der Waals surface area contributed by atoms with Crippen molar-refractivity contribution in [2.45, 2.75) is 233 Å². The standard InChI is InChI=1S/C32H33O5S.C32H33O4S.C29H29O6S2.C26H25O5S/c1-20-13-27(38(25-9-5-3-6-10-25)26-11-7-4-8-12-26)14-21(2)30(20)35-19-29(33)37-31-23-15-22-16-24(18-23)32(34)36-28(31)17-22;1-21-13-28(37(26-9-5-3-6-10-26)27-11-7-4-8-12-27)14-22(2)31(21)35-20-29(33)36-32-17-23-15-24(18-32)30(34)25(16-23)19-32;1-18-13-23(36(21-9-5-3-6-10-21)22-11-7-4-8-12-22)14-19(2)27(18)33-17-26(30)34-28-20-15-24-25(16-20)37(31,32)35-29(24)28;1-18-15-22(32(20-9-5-3-6-10-20)21-11-7-4-8-12-21)16-19(2)25(18)30-17-24(27)31-23-13-14-29-26(23)28/h3-14,22-24,28,31H,15-19H2,1-2H3;3-14,23-25H,15-20H2,1-2H3;3-14,20,24-25,28-29H,15-17H2,1-2H3;3-12,15-16,23H,13-14,17H2,1-2H3/q4*+1. The number of benzene rings is 12. The second-order valence-corrected chi connectivity index (χ2v) is 49.3. The predicted octanol–water partition coefficient (Wildman–Crippen LogP) is 22.0. The lowest BCUT2D eigenvalue weighted by Gasteiger charge is -2.54. The zero-order chi connectivity index (χ0) is 100. The summed E-state index contributed by atoms with van der Waals surface area (Å²) in [7, 11) is -4.58. The Morgan fingerprint density at radius 2 is 0.660 bits per heavy atom. The van der Waals surface area contributed by atoms with Crippen molar-refractivity contribution in [3.63, 3.8) is 0 Å². The van der Waals surface area contributed by atoms with Crippen LogP contribution in [0.1, 0.15) is 122 Å². The van der Waals surface area contributed by atoms with Crippen LogP contribution in [0, 0.1) is 103 Å². The minimum absolute atomic E-state index is 0.0381. The van der Waals surface area contributed by atoms with Gasteiger partial charge >= 0.3 is 35.8 Å². The second-order valence-electron chi connectivity index (χ2n) is 39.4. The molecule has 25 heteroatoms. The number of ether oxygens (including phenoxy) is 10. The fourth-order valence-electron chi connectivity index (χ4n) is 23.3. The highest BCUT2D eigenvalue weighted by molar-refractivity contribution is 7.98. The molecule has 4 heterocycles. The number of Topliss-reactive ketones (excluding diaryl/α,β-unsaturated/α-hetero) is 1. The van der Waals surface area contributed by atoms with Gasteiger partial charge in [-0.05, 0) is 279 Å². The van der Waals surface area contributed by atoms with Gasteiger partial charge in [-0.25, -0.2) is 24.0 Å². The Morgan fingerprint density at radius 3 is 1.00 bits per heavy atom. The summed E-state index contributed by atoms with van der Waals surface area (Å²) in [5.41, 5.74) is 7.30. The smallest absolute Gasteiger partial charge is 0.347 e. The molecule has 13 unspecified atom stereocenters. The Kier molecular flexibility index (Phi) is 30.9. The van der Waals surface area contributed by atoms with Crippen LogP contribution in [0.25, 0.3) is 0 Å². The van der Waals surface area contributed by atoms with Crippen LogP contribution < -0.4 is 18.9 Å². The van der Waals surface area contributed by atoms with Crippen molar-refractivity contribution in [2.24, 2.45) is 47.3 Å². The third-order valence-electron chi connectivity index (χ3n) is 29.1. The van der Waals surface area contributed by atoms with Gasteiger partial charge in [0.2, 0.25) is 6.10 Å². The SMILES string of the molecule is Cc1cc([S+](c2ccccc2)c2ccccc2)cc(C)c1OCC(=O)OC12CC3CC(C1)C(=O)C(C3)C2.Cc1cc([S+](c2ccccc2)c2ccccc2)cc(C)c1OCC(=O)OC1C2CC3C1OS(=O)(=O)C3C2.Cc1cc([S+](c2ccccc2)c2ccccc2)cc(C)c1OCC(=O)OC1C2CC3CC(C2)C(=O)OC1C3.Cc1cc([S+](c2ccccc2)c2ccccc2)cc(C)c1OCC(=O)OC1CCOC1=O. The quantitative estimate of drug-likeness (QED) is 0.0191. The third-order valence-corrected chi connectivity index (χ3v) is 39.6. The van der Waals surface area contributed by atoms with E-state index in [0.29, 0.717) is 60.6 Å². The highest BCUT2D eigenvalue weighted by Crippen LogP contribution is 2.58. The molecule has 4 aliphatic heterocycles. The molecule has 12 aromatic carbocycles. The molecule has 0 spiro atoms. The molecule has 20 nitrogen and oxygen atoms in total. The first kappa shape index (κ1) is 100. The van der Waals surface area contributed by atoms with Crippen molar-refractivity contribution in [3.05, 3.63) is 336 Å². The van der Waals surface area contributed by atoms with Gasteiger partial charge in [-0.3, -0.25) is 13.8 Å². The number of hydrogen-bond donors (Lipinski definition) is 0. The van der Waals surface area contributed by atoms with Gasteiger partial charge in [0.25, 0.3) is 10.1 Å². The summed E-state index contributed by atoms with van der Waals surface area (Å²) in [5, 5.41) is -0.436. The number of ketones is 1. The van der Waals surface area contributed by atoms with E-state index in [1.165, 1.54) is 58.7 Å². The van der Waals surface area contributed by atoms with Gasteiger partial charge in [-0.2, -0.15) is 8.42 Å². The summed E-state index contributed by atoms with van der Waals surface area (Å²) in [6, 6.07) is 101. The van der Waals surface area contributed by atoms with E-state index in [1.54, 1.807) is 0 Å². The molecule has 13 atom stereocenters. The van der Waals surface area contributed by atoms with Gasteiger partial charge in [0.15, 0.2) is 85.2 Å². The van der Waals surface area contributed by atoms with Crippen LogP contribution in [0.4, 0.5) is 0 Å². The number of cyclic esters (lactones) is 1. The first-order chi connectivity index (χ1) is 69.7. The number of esters is 6. The Labute approximate surface area is 854 Å². The largest absolute Gasteiger partial charge is 0.481 e. The van der Waals surface area contributed by atoms with E-state index in [0.717, 1.165) is 102 Å². The lowest BCUT2D eigenvalue weighted by molar-refractivity contribution is -0.191. The summed E-state index contributed by atoms with van der Waals surface area (Å²) in [4.78, 5) is 102. The molecular formula is C119H120O20S5+4. The summed E-state index contributed by atoms with van der Waals surface area (Å²) >= 11 is 0. The average molecular weight is 2030 g/mol. The molecule has 12 aromatic rings. The van der Waals surface area contributed by atoms with Gasteiger partial charge in [0.1, 0.15) is 58.8 Å². The maximum absolute atomic E-state index is 12.9. The number of aryl methyl sites for hydroxylation is 8. The van der Waals surface area contributed by atoms with Crippen LogP contribution in [-0.4, -0.2) is 124 Å². The topological polar surface area (TPSA) is 255 Å². The Morgan fingerprint density at radius 1 is 0.340 bits per heavy atom. The second kappa shape index (κ2) is 44.3. The number of carbonyl (C=O) groups is 7. The molecule has 12 aliphatic rings. The molecule has 742 valence electrons. The van der Waals surface area contributed by atoms with E-state index in [1.807, 2.05) is 104 Å². The molecule has 8 aliphatic carbocycles. The third kappa shape index (κ3) is 22.5. The van der Waals surface area contributed by atoms with E-state index in [4.69, 9.17) is 51.6 Å². The fraction of sp³-hybridized carbons (Fsp3) is 0.336. The van der Waals surface area contributed by atoms with Gasteiger partial charge in [-0.15, -0.1) is 0 Å². The predicted molar refractivity (Wildman–Crippen MR) is 551 cm³/mol. The summed E-state index contributed by atoms with van der Waals surface area (Å²) < 4.78 is 86.8. The van der Waals surface area contributed by atoms with E-state index in [-0.39, 0.29) is 136 Å². The summed E-state index contributed by atoms with van der Waals surface area (Å²) in [6.07, 6.45) is 6.77. The molecule has 0 aromatic heterocycles. The Hall–Kier alpha value is -12.4. The molecule has 8 saturated carbocycles. The van der Waals surface area contributed by atoms with Crippen molar-refractivity contribution in [1.82, 2.24) is 0 Å². The monoisotopic (exact) mass is 2030 g/mol. The zero-order valence-electron chi connectivity index (χ0n) is 82.0. The minimum Gasteiger partial charge on any atom is -0.481 e. The fourth-order valence-corrected chi connectivity index (χ4v) is 34.3.